The van der Waals surface area contributed by atoms with Gasteiger partial charge in [-0.05, 0) is 36.6 Å². The number of aromatic nitrogens is 5. The molecule has 1 amide bonds. The Kier molecular flexibility index (Phi) is 6.06. The summed E-state index contributed by atoms with van der Waals surface area (Å²) in [6.07, 6.45) is 4.35. The smallest absolute Gasteiger partial charge is 0.276 e. The van der Waals surface area contributed by atoms with Crippen molar-refractivity contribution in [3.8, 4) is 11.4 Å². The van der Waals surface area contributed by atoms with E-state index < -0.39 is 0 Å². The number of carbonyl (C=O) groups excluding carboxylic acids is 1. The lowest BCUT2D eigenvalue weighted by Gasteiger charge is -2.12. The fraction of sp³-hybridized carbons (Fsp3) is 0.207. The average Bonchev–Trinajstić information content (AvgIpc) is 3.19. The molecule has 8 nitrogen and oxygen atoms in total. The van der Waals surface area contributed by atoms with Crippen LogP contribution < -0.4 is 10.9 Å². The zero-order chi connectivity index (χ0) is 25.2. The molecule has 3 aromatic carbocycles. The van der Waals surface area contributed by atoms with Gasteiger partial charge in [0.05, 0.1) is 11.9 Å². The molecule has 0 saturated carbocycles. The predicted octanol–water partition coefficient (Wildman–Crippen LogP) is 4.68. The summed E-state index contributed by atoms with van der Waals surface area (Å²) in [5.41, 5.74) is 2.42. The van der Waals surface area contributed by atoms with Crippen LogP contribution >= 0.6 is 0 Å². The highest BCUT2D eigenvalue weighted by molar-refractivity contribution is 6.11. The van der Waals surface area contributed by atoms with Gasteiger partial charge < -0.3 is 9.88 Å². The molecule has 0 fully saturated rings. The van der Waals surface area contributed by atoms with E-state index in [9.17, 15) is 9.59 Å². The minimum atomic E-state index is -0.379. The van der Waals surface area contributed by atoms with E-state index in [1.807, 2.05) is 54.6 Å². The van der Waals surface area contributed by atoms with Crippen molar-refractivity contribution in [1.29, 1.82) is 0 Å². The summed E-state index contributed by atoms with van der Waals surface area (Å²) in [4.78, 5) is 26.6. The second-order valence-corrected chi connectivity index (χ2v) is 9.28. The standard InChI is InChI=1S/C29H26N6O2/c36-28(30-22-13-9-12-21(18-22)27-32-31-25-16-5-2-8-17-34(25)27)26-23-14-6-7-15-24(23)29(37)35(33-26)19-20-10-3-1-4-11-20/h1,3-4,6-7,9-15,18H,2,5,8,16-17,19H2,(H,30,36). The summed E-state index contributed by atoms with van der Waals surface area (Å²) in [6, 6.07) is 24.3. The van der Waals surface area contributed by atoms with Crippen LogP contribution in [0.5, 0.6) is 0 Å². The molecule has 0 aliphatic carbocycles. The van der Waals surface area contributed by atoms with E-state index in [1.165, 1.54) is 11.1 Å². The first-order valence-corrected chi connectivity index (χ1v) is 12.5. The third-order valence-electron chi connectivity index (χ3n) is 6.75. The number of fused-ring (bicyclic) bond motifs is 2. The van der Waals surface area contributed by atoms with E-state index in [2.05, 4.69) is 25.2 Å². The summed E-state index contributed by atoms with van der Waals surface area (Å²) in [6.45, 7) is 1.17. The van der Waals surface area contributed by atoms with Crippen molar-refractivity contribution in [2.75, 3.05) is 5.32 Å². The van der Waals surface area contributed by atoms with E-state index in [1.54, 1.807) is 24.3 Å². The number of carbonyl (C=O) groups is 1. The van der Waals surface area contributed by atoms with Crippen molar-refractivity contribution in [3.63, 3.8) is 0 Å². The predicted molar refractivity (Wildman–Crippen MR) is 143 cm³/mol. The van der Waals surface area contributed by atoms with Crippen molar-refractivity contribution in [2.24, 2.45) is 0 Å². The number of hydrogen-bond donors (Lipinski definition) is 1. The Labute approximate surface area is 213 Å². The fourth-order valence-corrected chi connectivity index (χ4v) is 4.89. The van der Waals surface area contributed by atoms with Gasteiger partial charge in [0.2, 0.25) is 0 Å². The summed E-state index contributed by atoms with van der Waals surface area (Å²) in [7, 11) is 0. The minimum absolute atomic E-state index is 0.202. The fourth-order valence-electron chi connectivity index (χ4n) is 4.89. The maximum Gasteiger partial charge on any atom is 0.276 e. The van der Waals surface area contributed by atoms with Gasteiger partial charge in [-0.2, -0.15) is 5.10 Å². The lowest BCUT2D eigenvalue weighted by atomic mass is 10.1. The number of nitrogens with zero attached hydrogens (tertiary/aromatic N) is 5. The van der Waals surface area contributed by atoms with Gasteiger partial charge in [0.15, 0.2) is 11.5 Å². The number of aryl methyl sites for hydroxylation is 1. The Morgan fingerprint density at radius 3 is 2.54 bits per heavy atom. The molecule has 0 atom stereocenters. The number of benzene rings is 3. The Bertz CT molecular complexity index is 1650. The third-order valence-corrected chi connectivity index (χ3v) is 6.75. The first kappa shape index (κ1) is 22.8. The van der Waals surface area contributed by atoms with Crippen LogP contribution in [-0.4, -0.2) is 30.5 Å². The van der Waals surface area contributed by atoms with Crippen molar-refractivity contribution < 1.29 is 4.79 Å². The Balaban J connectivity index is 1.34. The number of anilines is 1. The maximum atomic E-state index is 13.5. The van der Waals surface area contributed by atoms with Crippen molar-refractivity contribution in [1.82, 2.24) is 24.5 Å². The molecule has 37 heavy (non-hydrogen) atoms. The Hall–Kier alpha value is -4.59. The molecule has 0 spiro atoms. The zero-order valence-electron chi connectivity index (χ0n) is 20.3. The summed E-state index contributed by atoms with van der Waals surface area (Å²) in [5, 5.41) is 17.3. The van der Waals surface area contributed by atoms with E-state index in [4.69, 9.17) is 0 Å². The summed E-state index contributed by atoms with van der Waals surface area (Å²) in [5.74, 6) is 1.45. The number of amides is 1. The molecule has 6 rings (SSSR count). The second kappa shape index (κ2) is 9.81. The van der Waals surface area contributed by atoms with Crippen LogP contribution in [0.25, 0.3) is 22.2 Å². The highest BCUT2D eigenvalue weighted by Gasteiger charge is 2.19. The number of nitrogens with one attached hydrogen (secondary N) is 1. The number of hydrogen-bond acceptors (Lipinski definition) is 5. The first-order chi connectivity index (χ1) is 18.2. The molecular weight excluding hydrogens is 464 g/mol. The Morgan fingerprint density at radius 1 is 0.865 bits per heavy atom. The molecular formula is C29H26N6O2. The molecule has 1 N–H and O–H groups in total. The van der Waals surface area contributed by atoms with Gasteiger partial charge in [0, 0.05) is 29.6 Å². The van der Waals surface area contributed by atoms with E-state index in [-0.39, 0.29) is 23.7 Å². The molecule has 1 aliphatic rings. The van der Waals surface area contributed by atoms with Crippen LogP contribution in [0, 0.1) is 0 Å². The topological polar surface area (TPSA) is 94.7 Å². The average molecular weight is 491 g/mol. The first-order valence-electron chi connectivity index (χ1n) is 12.5. The second-order valence-electron chi connectivity index (χ2n) is 9.28. The molecule has 0 radical (unpaired) electrons. The molecule has 2 aromatic heterocycles. The Morgan fingerprint density at radius 2 is 1.68 bits per heavy atom. The molecule has 0 bridgehead atoms. The van der Waals surface area contributed by atoms with Crippen LogP contribution in [0.15, 0.2) is 83.7 Å². The molecule has 0 unspecified atom stereocenters. The van der Waals surface area contributed by atoms with Crippen LogP contribution in [0.1, 0.15) is 41.1 Å². The third kappa shape index (κ3) is 4.53. The monoisotopic (exact) mass is 490 g/mol. The number of rotatable bonds is 5. The van der Waals surface area contributed by atoms with Crippen molar-refractivity contribution in [3.05, 3.63) is 106 Å². The van der Waals surface area contributed by atoms with Gasteiger partial charge >= 0.3 is 0 Å². The van der Waals surface area contributed by atoms with Gasteiger partial charge in [-0.15, -0.1) is 10.2 Å². The lowest BCUT2D eigenvalue weighted by molar-refractivity contribution is 0.102. The molecule has 0 saturated heterocycles. The van der Waals surface area contributed by atoms with Crippen LogP contribution in [0.2, 0.25) is 0 Å². The lowest BCUT2D eigenvalue weighted by Crippen LogP contribution is -2.28. The van der Waals surface area contributed by atoms with Gasteiger partial charge in [-0.25, -0.2) is 4.68 Å². The zero-order valence-corrected chi connectivity index (χ0v) is 20.3. The molecule has 184 valence electrons. The van der Waals surface area contributed by atoms with Crippen molar-refractivity contribution in [2.45, 2.75) is 38.8 Å². The van der Waals surface area contributed by atoms with E-state index in [0.717, 1.165) is 48.6 Å². The van der Waals surface area contributed by atoms with E-state index in [0.29, 0.717) is 16.5 Å². The molecule has 8 heteroatoms. The van der Waals surface area contributed by atoms with Crippen LogP contribution in [-0.2, 0) is 19.5 Å². The normalized spacial score (nSPS) is 13.2. The molecule has 5 aromatic rings. The maximum absolute atomic E-state index is 13.5. The largest absolute Gasteiger partial charge is 0.321 e. The van der Waals surface area contributed by atoms with Gasteiger partial charge in [0.25, 0.3) is 11.5 Å². The highest BCUT2D eigenvalue weighted by atomic mass is 16.2. The van der Waals surface area contributed by atoms with Gasteiger partial charge in [0.1, 0.15) is 5.82 Å². The van der Waals surface area contributed by atoms with Gasteiger partial charge in [-0.1, -0.05) is 67.1 Å². The highest BCUT2D eigenvalue weighted by Crippen LogP contribution is 2.25. The SMILES string of the molecule is O=C(Nc1cccc(-c2nnc3n2CCCCC3)c1)c1nn(Cc2ccccc2)c(=O)c2ccccc12. The van der Waals surface area contributed by atoms with Gasteiger partial charge in [-0.3, -0.25) is 9.59 Å². The van der Waals surface area contributed by atoms with Crippen molar-refractivity contribution >= 4 is 22.4 Å². The van der Waals surface area contributed by atoms with Crippen LogP contribution in [0.3, 0.4) is 0 Å². The summed E-state index contributed by atoms with van der Waals surface area (Å²) >= 11 is 0. The van der Waals surface area contributed by atoms with E-state index >= 15 is 0 Å². The van der Waals surface area contributed by atoms with Crippen LogP contribution in [0.4, 0.5) is 5.69 Å². The molecule has 3 heterocycles. The quantitative estimate of drug-likeness (QED) is 0.386. The minimum Gasteiger partial charge on any atom is -0.321 e. The molecule has 1 aliphatic heterocycles. The summed E-state index contributed by atoms with van der Waals surface area (Å²) < 4.78 is 3.54.